The minimum Gasteiger partial charge on any atom is -0.314 e. The van der Waals surface area contributed by atoms with Crippen molar-refractivity contribution in [3.8, 4) is 0 Å². The van der Waals surface area contributed by atoms with Gasteiger partial charge in [-0.25, -0.2) is 8.78 Å². The van der Waals surface area contributed by atoms with Crippen molar-refractivity contribution in [2.45, 2.75) is 18.9 Å². The summed E-state index contributed by atoms with van der Waals surface area (Å²) in [6.07, 6.45) is -2.39. The molecule has 0 saturated carbocycles. The summed E-state index contributed by atoms with van der Waals surface area (Å²) in [5.74, 6) is 0. The van der Waals surface area contributed by atoms with Gasteiger partial charge in [0.2, 0.25) is 6.43 Å². The van der Waals surface area contributed by atoms with E-state index in [1.165, 1.54) is 0 Å². The van der Waals surface area contributed by atoms with E-state index in [2.05, 4.69) is 10.2 Å². The normalized spacial score (nSPS) is 18.2. The van der Waals surface area contributed by atoms with Gasteiger partial charge in [-0.05, 0) is 16.3 Å². The van der Waals surface area contributed by atoms with Gasteiger partial charge in [-0.1, -0.05) is 42.5 Å². The summed E-state index contributed by atoms with van der Waals surface area (Å²) < 4.78 is 26.2. The first-order valence-corrected chi connectivity index (χ1v) is 7.46. The van der Waals surface area contributed by atoms with Crippen LogP contribution in [0.1, 0.15) is 18.0 Å². The van der Waals surface area contributed by atoms with Crippen LogP contribution in [0.3, 0.4) is 0 Å². The molecule has 0 unspecified atom stereocenters. The van der Waals surface area contributed by atoms with Gasteiger partial charge in [0.1, 0.15) is 0 Å². The van der Waals surface area contributed by atoms with Crippen LogP contribution in [0.15, 0.2) is 42.5 Å². The van der Waals surface area contributed by atoms with Crippen molar-refractivity contribution in [1.82, 2.24) is 10.2 Å². The molecule has 0 aromatic heterocycles. The van der Waals surface area contributed by atoms with Gasteiger partial charge in [0.05, 0.1) is 0 Å². The van der Waals surface area contributed by atoms with Crippen LogP contribution >= 0.6 is 0 Å². The lowest BCUT2D eigenvalue weighted by atomic mass is 9.95. The molecule has 3 rings (SSSR count). The Bertz CT molecular complexity index is 589. The Labute approximate surface area is 123 Å². The standard InChI is InChI=1S/C17H20F2N2/c18-17(19)12-16(21-10-8-20-9-11-21)15-7-3-5-13-4-1-2-6-14(13)15/h1-7,16-17,20H,8-12H2/t16-/m0/s1. The van der Waals surface area contributed by atoms with E-state index in [0.717, 1.165) is 42.5 Å². The Balaban J connectivity index is 2.00. The van der Waals surface area contributed by atoms with Crippen molar-refractivity contribution >= 4 is 10.8 Å². The second-order valence-corrected chi connectivity index (χ2v) is 5.50. The van der Waals surface area contributed by atoms with E-state index in [0.29, 0.717) is 0 Å². The number of benzene rings is 2. The molecular weight excluding hydrogens is 270 g/mol. The van der Waals surface area contributed by atoms with Crippen LogP contribution in [0.4, 0.5) is 8.78 Å². The fourth-order valence-corrected chi connectivity index (χ4v) is 3.18. The van der Waals surface area contributed by atoms with Crippen molar-refractivity contribution in [2.24, 2.45) is 0 Å². The predicted molar refractivity (Wildman–Crippen MR) is 81.8 cm³/mol. The number of halogens is 2. The number of hydrogen-bond acceptors (Lipinski definition) is 2. The molecule has 0 aliphatic carbocycles. The van der Waals surface area contributed by atoms with E-state index >= 15 is 0 Å². The zero-order valence-electron chi connectivity index (χ0n) is 11.9. The molecule has 0 amide bonds. The van der Waals surface area contributed by atoms with Crippen molar-refractivity contribution in [2.75, 3.05) is 26.2 Å². The largest absolute Gasteiger partial charge is 0.314 e. The van der Waals surface area contributed by atoms with E-state index in [4.69, 9.17) is 0 Å². The fraction of sp³-hybridized carbons (Fsp3) is 0.412. The lowest BCUT2D eigenvalue weighted by Crippen LogP contribution is -2.45. The molecule has 2 aromatic carbocycles. The summed E-state index contributed by atoms with van der Waals surface area (Å²) in [5.41, 5.74) is 1.02. The Hall–Kier alpha value is -1.52. The molecule has 4 heteroatoms. The third kappa shape index (κ3) is 3.22. The molecule has 2 nitrogen and oxygen atoms in total. The van der Waals surface area contributed by atoms with Crippen LogP contribution < -0.4 is 5.32 Å². The van der Waals surface area contributed by atoms with E-state index in [9.17, 15) is 8.78 Å². The van der Waals surface area contributed by atoms with Gasteiger partial charge in [0, 0.05) is 38.6 Å². The summed E-state index contributed by atoms with van der Waals surface area (Å²) in [6, 6.07) is 13.8. The molecule has 1 atom stereocenters. The maximum Gasteiger partial charge on any atom is 0.240 e. The Morgan fingerprint density at radius 1 is 1.00 bits per heavy atom. The Morgan fingerprint density at radius 2 is 1.71 bits per heavy atom. The molecule has 1 fully saturated rings. The topological polar surface area (TPSA) is 15.3 Å². The number of fused-ring (bicyclic) bond motifs is 1. The van der Waals surface area contributed by atoms with E-state index < -0.39 is 6.43 Å². The van der Waals surface area contributed by atoms with Gasteiger partial charge in [-0.15, -0.1) is 0 Å². The zero-order valence-corrected chi connectivity index (χ0v) is 11.9. The molecule has 1 aliphatic rings. The first kappa shape index (κ1) is 14.4. The monoisotopic (exact) mass is 290 g/mol. The number of rotatable bonds is 4. The first-order chi connectivity index (χ1) is 10.3. The highest BCUT2D eigenvalue weighted by molar-refractivity contribution is 5.86. The van der Waals surface area contributed by atoms with Crippen LogP contribution in [0, 0.1) is 0 Å². The van der Waals surface area contributed by atoms with Crippen molar-refractivity contribution in [3.05, 3.63) is 48.0 Å². The summed E-state index contributed by atoms with van der Waals surface area (Å²) in [6.45, 7) is 3.37. The molecule has 112 valence electrons. The van der Waals surface area contributed by atoms with Gasteiger partial charge in [-0.2, -0.15) is 0 Å². The second kappa shape index (κ2) is 6.50. The summed E-state index contributed by atoms with van der Waals surface area (Å²) in [4.78, 5) is 2.18. The maximum absolute atomic E-state index is 13.1. The number of hydrogen-bond donors (Lipinski definition) is 1. The quantitative estimate of drug-likeness (QED) is 0.928. The van der Waals surface area contributed by atoms with Gasteiger partial charge in [0.15, 0.2) is 0 Å². The SMILES string of the molecule is FC(F)C[C@@H](c1cccc2ccccc12)N1CCNCC1. The molecule has 0 radical (unpaired) electrons. The van der Waals surface area contributed by atoms with E-state index in [1.807, 2.05) is 42.5 Å². The third-order valence-corrected chi connectivity index (χ3v) is 4.18. The highest BCUT2D eigenvalue weighted by Gasteiger charge is 2.26. The molecule has 1 saturated heterocycles. The molecule has 1 N–H and O–H groups in total. The van der Waals surface area contributed by atoms with Gasteiger partial charge >= 0.3 is 0 Å². The predicted octanol–water partition coefficient (Wildman–Crippen LogP) is 3.44. The lowest BCUT2D eigenvalue weighted by molar-refractivity contribution is 0.0745. The van der Waals surface area contributed by atoms with E-state index in [-0.39, 0.29) is 12.5 Å². The number of piperazine rings is 1. The Morgan fingerprint density at radius 3 is 2.48 bits per heavy atom. The van der Waals surface area contributed by atoms with Crippen molar-refractivity contribution in [1.29, 1.82) is 0 Å². The average molecular weight is 290 g/mol. The molecule has 2 aromatic rings. The van der Waals surface area contributed by atoms with Crippen LogP contribution in [-0.4, -0.2) is 37.5 Å². The van der Waals surface area contributed by atoms with Gasteiger partial charge < -0.3 is 5.32 Å². The summed E-state index contributed by atoms with van der Waals surface area (Å²) in [5, 5.41) is 5.48. The van der Waals surface area contributed by atoms with Crippen molar-refractivity contribution in [3.63, 3.8) is 0 Å². The van der Waals surface area contributed by atoms with Gasteiger partial charge in [0.25, 0.3) is 0 Å². The highest BCUT2D eigenvalue weighted by atomic mass is 19.3. The molecule has 0 bridgehead atoms. The number of nitrogens with zero attached hydrogens (tertiary/aromatic N) is 1. The summed E-state index contributed by atoms with van der Waals surface area (Å²) in [7, 11) is 0. The van der Waals surface area contributed by atoms with Crippen LogP contribution in [0.25, 0.3) is 10.8 Å². The smallest absolute Gasteiger partial charge is 0.240 e. The maximum atomic E-state index is 13.1. The minimum absolute atomic E-state index is 0.103. The first-order valence-electron chi connectivity index (χ1n) is 7.46. The highest BCUT2D eigenvalue weighted by Crippen LogP contribution is 2.32. The number of nitrogens with one attached hydrogen (secondary N) is 1. The number of alkyl halides is 2. The molecule has 0 spiro atoms. The zero-order chi connectivity index (χ0) is 14.7. The van der Waals surface area contributed by atoms with E-state index in [1.54, 1.807) is 0 Å². The Kier molecular flexibility index (Phi) is 4.46. The molecule has 1 heterocycles. The fourth-order valence-electron chi connectivity index (χ4n) is 3.18. The molecule has 21 heavy (non-hydrogen) atoms. The van der Waals surface area contributed by atoms with Crippen LogP contribution in [0.2, 0.25) is 0 Å². The van der Waals surface area contributed by atoms with Crippen molar-refractivity contribution < 1.29 is 8.78 Å². The third-order valence-electron chi connectivity index (χ3n) is 4.18. The van der Waals surface area contributed by atoms with Gasteiger partial charge in [-0.3, -0.25) is 4.90 Å². The molecule has 1 aliphatic heterocycles. The molecular formula is C17H20F2N2. The summed E-state index contributed by atoms with van der Waals surface area (Å²) >= 11 is 0. The lowest BCUT2D eigenvalue weighted by Gasteiger charge is -2.35. The van der Waals surface area contributed by atoms with Crippen LogP contribution in [-0.2, 0) is 0 Å². The second-order valence-electron chi connectivity index (χ2n) is 5.50. The minimum atomic E-state index is -2.29. The van der Waals surface area contributed by atoms with Crippen LogP contribution in [0.5, 0.6) is 0 Å². The average Bonchev–Trinajstić information content (AvgIpc) is 2.53.